The maximum atomic E-state index is 12.7. The molecule has 1 aliphatic carbocycles. The molecular formula is C23H24N2O3. The molecule has 1 N–H and O–H groups in total. The van der Waals surface area contributed by atoms with E-state index in [4.69, 9.17) is 9.47 Å². The van der Waals surface area contributed by atoms with Crippen LogP contribution in [0.15, 0.2) is 48.7 Å². The van der Waals surface area contributed by atoms with Gasteiger partial charge in [0.1, 0.15) is 0 Å². The van der Waals surface area contributed by atoms with Gasteiger partial charge in [-0.2, -0.15) is 0 Å². The van der Waals surface area contributed by atoms with E-state index in [1.165, 1.54) is 16.5 Å². The van der Waals surface area contributed by atoms with E-state index in [1.54, 1.807) is 0 Å². The monoisotopic (exact) mass is 376 g/mol. The lowest BCUT2D eigenvalue weighted by Gasteiger charge is -2.18. The quantitative estimate of drug-likeness (QED) is 0.702. The lowest BCUT2D eigenvalue weighted by atomic mass is 9.87. The molecule has 5 heteroatoms. The molecule has 0 spiro atoms. The highest BCUT2D eigenvalue weighted by Crippen LogP contribution is 2.40. The molecule has 1 fully saturated rings. The molecule has 1 unspecified atom stereocenters. The van der Waals surface area contributed by atoms with Gasteiger partial charge in [0, 0.05) is 42.0 Å². The number of aromatic nitrogens is 1. The van der Waals surface area contributed by atoms with Crippen molar-refractivity contribution in [3.05, 3.63) is 59.8 Å². The van der Waals surface area contributed by atoms with Crippen LogP contribution in [0.1, 0.15) is 43.2 Å². The van der Waals surface area contributed by atoms with Gasteiger partial charge in [0.25, 0.3) is 0 Å². The highest BCUT2D eigenvalue weighted by atomic mass is 16.7. The molecule has 0 bridgehead atoms. The van der Waals surface area contributed by atoms with Gasteiger partial charge in [-0.25, -0.2) is 0 Å². The number of benzene rings is 2. The molecule has 2 aliphatic rings. The van der Waals surface area contributed by atoms with Gasteiger partial charge in [-0.3, -0.25) is 4.79 Å². The Morgan fingerprint density at radius 2 is 2.00 bits per heavy atom. The van der Waals surface area contributed by atoms with Crippen LogP contribution < -0.4 is 14.8 Å². The zero-order valence-corrected chi connectivity index (χ0v) is 16.0. The van der Waals surface area contributed by atoms with Crippen molar-refractivity contribution in [3.63, 3.8) is 0 Å². The number of carbonyl (C=O) groups is 1. The maximum Gasteiger partial charge on any atom is 0.231 e. The van der Waals surface area contributed by atoms with E-state index in [0.29, 0.717) is 12.5 Å². The van der Waals surface area contributed by atoms with Gasteiger partial charge >= 0.3 is 0 Å². The fourth-order valence-corrected chi connectivity index (χ4v) is 4.05. The summed E-state index contributed by atoms with van der Waals surface area (Å²) in [6.07, 6.45) is 4.81. The molecule has 1 saturated carbocycles. The molecular weight excluding hydrogens is 352 g/mol. The number of fused-ring (bicyclic) bond motifs is 2. The van der Waals surface area contributed by atoms with Crippen molar-refractivity contribution < 1.29 is 14.3 Å². The Kier molecular flexibility index (Phi) is 4.23. The second kappa shape index (κ2) is 6.89. The zero-order valence-electron chi connectivity index (χ0n) is 16.0. The standard InChI is InChI=1S/C23H24N2O3/c1-2-25-13-19(17-5-3-4-6-20(17)25)18(12-23(26)24-16-8-9-16)15-7-10-21-22(11-15)28-14-27-21/h3-7,10-11,13,16,18H,2,8-9,12,14H2,1H3,(H,24,26). The molecule has 28 heavy (non-hydrogen) atoms. The first-order valence-corrected chi connectivity index (χ1v) is 9.99. The van der Waals surface area contributed by atoms with Crippen LogP contribution in [0.25, 0.3) is 10.9 Å². The molecule has 0 saturated heterocycles. The number of nitrogens with one attached hydrogen (secondary N) is 1. The SMILES string of the molecule is CCn1cc(C(CC(=O)NC2CC2)c2ccc3c(c2)OCO3)c2ccccc21. The minimum atomic E-state index is -0.0362. The first-order chi connectivity index (χ1) is 13.7. The number of ether oxygens (including phenoxy) is 2. The van der Waals surface area contributed by atoms with Crippen molar-refractivity contribution in [1.29, 1.82) is 0 Å². The third-order valence-electron chi connectivity index (χ3n) is 5.67. The second-order valence-corrected chi connectivity index (χ2v) is 7.60. The summed E-state index contributed by atoms with van der Waals surface area (Å²) in [5, 5.41) is 4.34. The molecule has 2 aromatic carbocycles. The normalized spacial score (nSPS) is 16.3. The molecule has 5 nitrogen and oxygen atoms in total. The first kappa shape index (κ1) is 17.2. The smallest absolute Gasteiger partial charge is 0.231 e. The maximum absolute atomic E-state index is 12.7. The number of rotatable bonds is 6. The average molecular weight is 376 g/mol. The molecule has 1 aliphatic heterocycles. The predicted molar refractivity (Wildman–Crippen MR) is 108 cm³/mol. The van der Waals surface area contributed by atoms with Crippen LogP contribution in [0, 0.1) is 0 Å². The fourth-order valence-electron chi connectivity index (χ4n) is 4.05. The Balaban J connectivity index is 1.58. The van der Waals surface area contributed by atoms with E-state index in [0.717, 1.165) is 36.4 Å². The second-order valence-electron chi connectivity index (χ2n) is 7.60. The Hall–Kier alpha value is -2.95. The third kappa shape index (κ3) is 3.11. The fraction of sp³-hybridized carbons (Fsp3) is 0.348. The molecule has 2 heterocycles. The molecule has 1 atom stereocenters. The topological polar surface area (TPSA) is 52.5 Å². The summed E-state index contributed by atoms with van der Waals surface area (Å²) in [4.78, 5) is 12.7. The number of amides is 1. The lowest BCUT2D eigenvalue weighted by molar-refractivity contribution is -0.121. The summed E-state index contributed by atoms with van der Waals surface area (Å²) in [6.45, 7) is 3.29. The van der Waals surface area contributed by atoms with Crippen molar-refractivity contribution in [1.82, 2.24) is 9.88 Å². The van der Waals surface area contributed by atoms with E-state index < -0.39 is 0 Å². The van der Waals surface area contributed by atoms with Crippen molar-refractivity contribution in [3.8, 4) is 11.5 Å². The molecule has 1 amide bonds. The van der Waals surface area contributed by atoms with Crippen LogP contribution in [0.3, 0.4) is 0 Å². The zero-order chi connectivity index (χ0) is 19.1. The lowest BCUT2D eigenvalue weighted by Crippen LogP contribution is -2.27. The number of hydrogen-bond acceptors (Lipinski definition) is 3. The van der Waals surface area contributed by atoms with Gasteiger partial charge in [-0.05, 0) is 49.1 Å². The molecule has 0 radical (unpaired) electrons. The van der Waals surface area contributed by atoms with Crippen molar-refractivity contribution in [2.24, 2.45) is 0 Å². The van der Waals surface area contributed by atoms with Crippen LogP contribution in [0.4, 0.5) is 0 Å². The Morgan fingerprint density at radius 1 is 1.18 bits per heavy atom. The predicted octanol–water partition coefficient (Wildman–Crippen LogP) is 4.19. The van der Waals surface area contributed by atoms with Gasteiger partial charge in [-0.1, -0.05) is 24.3 Å². The average Bonchev–Trinajstić information content (AvgIpc) is 3.27. The number of para-hydroxylation sites is 1. The van der Waals surface area contributed by atoms with E-state index in [1.807, 2.05) is 12.1 Å². The number of carbonyl (C=O) groups excluding carboxylic acids is 1. The first-order valence-electron chi connectivity index (χ1n) is 9.99. The molecule has 1 aromatic heterocycles. The van der Waals surface area contributed by atoms with Gasteiger partial charge < -0.3 is 19.4 Å². The number of aryl methyl sites for hydroxylation is 1. The summed E-state index contributed by atoms with van der Waals surface area (Å²) in [7, 11) is 0. The van der Waals surface area contributed by atoms with E-state index in [2.05, 4.69) is 53.3 Å². The number of hydrogen-bond donors (Lipinski definition) is 1. The molecule has 5 rings (SSSR count). The summed E-state index contributed by atoms with van der Waals surface area (Å²) < 4.78 is 13.3. The molecule has 144 valence electrons. The van der Waals surface area contributed by atoms with Crippen LogP contribution in [-0.2, 0) is 11.3 Å². The van der Waals surface area contributed by atoms with E-state index >= 15 is 0 Å². The van der Waals surface area contributed by atoms with Gasteiger partial charge in [0.15, 0.2) is 11.5 Å². The van der Waals surface area contributed by atoms with Crippen LogP contribution in [0.2, 0.25) is 0 Å². The van der Waals surface area contributed by atoms with Gasteiger partial charge in [-0.15, -0.1) is 0 Å². The van der Waals surface area contributed by atoms with E-state index in [-0.39, 0.29) is 18.6 Å². The van der Waals surface area contributed by atoms with Crippen molar-refractivity contribution in [2.75, 3.05) is 6.79 Å². The summed E-state index contributed by atoms with van der Waals surface area (Å²) >= 11 is 0. The number of nitrogens with zero attached hydrogens (tertiary/aromatic N) is 1. The summed E-state index contributed by atoms with van der Waals surface area (Å²) in [5.41, 5.74) is 3.46. The Morgan fingerprint density at radius 3 is 2.82 bits per heavy atom. The minimum Gasteiger partial charge on any atom is -0.454 e. The largest absolute Gasteiger partial charge is 0.454 e. The van der Waals surface area contributed by atoms with Crippen LogP contribution in [-0.4, -0.2) is 23.3 Å². The van der Waals surface area contributed by atoms with Crippen molar-refractivity contribution in [2.45, 2.75) is 44.7 Å². The summed E-state index contributed by atoms with van der Waals surface area (Å²) in [6, 6.07) is 14.8. The Bertz CT molecular complexity index is 1040. The van der Waals surface area contributed by atoms with Crippen LogP contribution in [0.5, 0.6) is 11.5 Å². The highest BCUT2D eigenvalue weighted by molar-refractivity contribution is 5.87. The van der Waals surface area contributed by atoms with E-state index in [9.17, 15) is 4.79 Å². The third-order valence-corrected chi connectivity index (χ3v) is 5.67. The highest BCUT2D eigenvalue weighted by Gasteiger charge is 2.28. The van der Waals surface area contributed by atoms with Gasteiger partial charge in [0.2, 0.25) is 12.7 Å². The minimum absolute atomic E-state index is 0.0362. The van der Waals surface area contributed by atoms with Gasteiger partial charge in [0.05, 0.1) is 0 Å². The Labute approximate surface area is 164 Å². The van der Waals surface area contributed by atoms with Crippen molar-refractivity contribution >= 4 is 16.8 Å². The molecule has 3 aromatic rings. The summed E-state index contributed by atoms with van der Waals surface area (Å²) in [5.74, 6) is 1.59. The van der Waals surface area contributed by atoms with Crippen LogP contribution >= 0.6 is 0 Å².